The number of rotatable bonds is 5. The van der Waals surface area contributed by atoms with E-state index in [2.05, 4.69) is 5.32 Å². The molecule has 1 nitrogen and oxygen atoms in total. The minimum absolute atomic E-state index is 0.370. The minimum Gasteiger partial charge on any atom is -0.312 e. The first-order valence-electron chi connectivity index (χ1n) is 6.92. The smallest absolute Gasteiger partial charge is 0.163 e. The summed E-state index contributed by atoms with van der Waals surface area (Å²) in [6, 6.07) is 4.30. The fourth-order valence-electron chi connectivity index (χ4n) is 2.83. The van der Waals surface area contributed by atoms with E-state index in [4.69, 9.17) is 11.6 Å². The Balaban J connectivity index is 1.84. The van der Waals surface area contributed by atoms with Crippen molar-refractivity contribution in [1.29, 1.82) is 0 Å². The van der Waals surface area contributed by atoms with Crippen LogP contribution in [0.1, 0.15) is 31.2 Å². The summed E-state index contributed by atoms with van der Waals surface area (Å²) in [5.74, 6) is 0.284. The SMILES string of the molecule is Fc1cccc(CNCC2CCCCC2CCl)c1F. The Hall–Kier alpha value is -0.670. The molecule has 2 atom stereocenters. The fourth-order valence-corrected chi connectivity index (χ4v) is 3.24. The first-order chi connectivity index (χ1) is 9.22. The highest BCUT2D eigenvalue weighted by atomic mass is 35.5. The lowest BCUT2D eigenvalue weighted by Gasteiger charge is -2.30. The second kappa shape index (κ2) is 7.20. The summed E-state index contributed by atoms with van der Waals surface area (Å²) in [6.45, 7) is 1.20. The molecule has 106 valence electrons. The highest BCUT2D eigenvalue weighted by Gasteiger charge is 2.23. The Morgan fingerprint density at radius 3 is 2.63 bits per heavy atom. The number of hydrogen-bond acceptors (Lipinski definition) is 1. The largest absolute Gasteiger partial charge is 0.312 e. The van der Waals surface area contributed by atoms with Crippen molar-refractivity contribution in [2.75, 3.05) is 12.4 Å². The summed E-state index contributed by atoms with van der Waals surface area (Å²) < 4.78 is 26.5. The standard InChI is InChI=1S/C15H20ClF2N/c16-8-11-4-1-2-5-12(11)9-19-10-13-6-3-7-14(17)15(13)18/h3,6-7,11-12,19H,1-2,4-5,8-10H2. The van der Waals surface area contributed by atoms with Crippen molar-refractivity contribution >= 4 is 11.6 Å². The van der Waals surface area contributed by atoms with Gasteiger partial charge in [-0.3, -0.25) is 0 Å². The lowest BCUT2D eigenvalue weighted by Crippen LogP contribution is -2.31. The average molecular weight is 288 g/mol. The Labute approximate surface area is 118 Å². The maximum atomic E-state index is 13.5. The van der Waals surface area contributed by atoms with Gasteiger partial charge < -0.3 is 5.32 Å². The van der Waals surface area contributed by atoms with Gasteiger partial charge in [0.05, 0.1) is 0 Å². The van der Waals surface area contributed by atoms with Crippen LogP contribution in [-0.4, -0.2) is 12.4 Å². The molecule has 2 unspecified atom stereocenters. The molecule has 0 amide bonds. The van der Waals surface area contributed by atoms with E-state index in [-0.39, 0.29) is 0 Å². The molecule has 0 spiro atoms. The van der Waals surface area contributed by atoms with Crippen LogP contribution >= 0.6 is 11.6 Å². The van der Waals surface area contributed by atoms with E-state index in [1.807, 2.05) is 0 Å². The van der Waals surface area contributed by atoms with E-state index in [1.165, 1.54) is 31.7 Å². The van der Waals surface area contributed by atoms with Gasteiger partial charge in [0.25, 0.3) is 0 Å². The predicted molar refractivity (Wildman–Crippen MR) is 74.2 cm³/mol. The van der Waals surface area contributed by atoms with Gasteiger partial charge in [-0.2, -0.15) is 0 Å². The van der Waals surface area contributed by atoms with E-state index in [0.29, 0.717) is 29.8 Å². The number of alkyl halides is 1. The molecule has 1 aromatic rings. The molecule has 19 heavy (non-hydrogen) atoms. The topological polar surface area (TPSA) is 12.0 Å². The molecule has 1 N–H and O–H groups in total. The van der Waals surface area contributed by atoms with Gasteiger partial charge in [-0.1, -0.05) is 25.0 Å². The maximum Gasteiger partial charge on any atom is 0.163 e. The lowest BCUT2D eigenvalue weighted by molar-refractivity contribution is 0.250. The molecule has 0 radical (unpaired) electrons. The normalized spacial score (nSPS) is 23.5. The summed E-state index contributed by atoms with van der Waals surface area (Å²) in [5, 5.41) is 3.24. The third-order valence-corrected chi connectivity index (χ3v) is 4.41. The van der Waals surface area contributed by atoms with Crippen molar-refractivity contribution in [2.45, 2.75) is 32.2 Å². The first-order valence-corrected chi connectivity index (χ1v) is 7.45. The monoisotopic (exact) mass is 287 g/mol. The molecular formula is C15H20ClF2N. The summed E-state index contributed by atoms with van der Waals surface area (Å²) in [7, 11) is 0. The average Bonchev–Trinajstić information content (AvgIpc) is 2.44. The Morgan fingerprint density at radius 2 is 1.89 bits per heavy atom. The van der Waals surface area contributed by atoms with Crippen LogP contribution in [0, 0.1) is 23.5 Å². The van der Waals surface area contributed by atoms with Crippen LogP contribution in [0.25, 0.3) is 0 Å². The van der Waals surface area contributed by atoms with Gasteiger partial charge in [-0.25, -0.2) is 8.78 Å². The maximum absolute atomic E-state index is 13.5. The number of halogens is 3. The van der Waals surface area contributed by atoms with E-state index in [9.17, 15) is 8.78 Å². The van der Waals surface area contributed by atoms with Crippen molar-refractivity contribution in [3.05, 3.63) is 35.4 Å². The molecule has 1 aliphatic rings. The quantitative estimate of drug-likeness (QED) is 0.804. The molecule has 0 saturated heterocycles. The Kier molecular flexibility index (Phi) is 5.59. The molecular weight excluding hydrogens is 268 g/mol. The van der Waals surface area contributed by atoms with Crippen molar-refractivity contribution in [3.8, 4) is 0 Å². The molecule has 1 fully saturated rings. The van der Waals surface area contributed by atoms with E-state index >= 15 is 0 Å². The number of nitrogens with one attached hydrogen (secondary N) is 1. The number of hydrogen-bond donors (Lipinski definition) is 1. The zero-order valence-electron chi connectivity index (χ0n) is 11.0. The minimum atomic E-state index is -0.782. The molecule has 0 heterocycles. The van der Waals surface area contributed by atoms with Gasteiger partial charge >= 0.3 is 0 Å². The van der Waals surface area contributed by atoms with Crippen LogP contribution in [0.15, 0.2) is 18.2 Å². The van der Waals surface area contributed by atoms with Crippen molar-refractivity contribution in [2.24, 2.45) is 11.8 Å². The molecule has 0 bridgehead atoms. The zero-order chi connectivity index (χ0) is 13.7. The van der Waals surface area contributed by atoms with Crippen LogP contribution in [0.3, 0.4) is 0 Å². The molecule has 4 heteroatoms. The highest BCUT2D eigenvalue weighted by molar-refractivity contribution is 6.18. The summed E-state index contributed by atoms with van der Waals surface area (Å²) in [5.41, 5.74) is 0.387. The summed E-state index contributed by atoms with van der Waals surface area (Å²) in [6.07, 6.45) is 4.86. The third kappa shape index (κ3) is 3.90. The number of benzene rings is 1. The highest BCUT2D eigenvalue weighted by Crippen LogP contribution is 2.30. The van der Waals surface area contributed by atoms with Gasteiger partial charge in [0.1, 0.15) is 0 Å². The Morgan fingerprint density at radius 1 is 1.16 bits per heavy atom. The summed E-state index contributed by atoms with van der Waals surface area (Å²) >= 11 is 5.98. The van der Waals surface area contributed by atoms with Gasteiger partial charge in [-0.05, 0) is 37.3 Å². The van der Waals surface area contributed by atoms with Gasteiger partial charge in [-0.15, -0.1) is 11.6 Å². The zero-order valence-corrected chi connectivity index (χ0v) is 11.7. The molecule has 1 aromatic carbocycles. The van der Waals surface area contributed by atoms with Gasteiger partial charge in [0, 0.05) is 18.0 Å². The van der Waals surface area contributed by atoms with E-state index < -0.39 is 11.6 Å². The van der Waals surface area contributed by atoms with Crippen molar-refractivity contribution < 1.29 is 8.78 Å². The second-order valence-corrected chi connectivity index (χ2v) is 5.61. The van der Waals surface area contributed by atoms with Crippen LogP contribution in [0.5, 0.6) is 0 Å². The third-order valence-electron chi connectivity index (χ3n) is 4.02. The van der Waals surface area contributed by atoms with Crippen LogP contribution in [-0.2, 0) is 6.54 Å². The van der Waals surface area contributed by atoms with Gasteiger partial charge in [0.2, 0.25) is 0 Å². The van der Waals surface area contributed by atoms with E-state index in [1.54, 1.807) is 6.07 Å². The van der Waals surface area contributed by atoms with Crippen LogP contribution in [0.4, 0.5) is 8.78 Å². The van der Waals surface area contributed by atoms with Crippen molar-refractivity contribution in [1.82, 2.24) is 5.32 Å². The molecule has 0 aliphatic heterocycles. The molecule has 2 rings (SSSR count). The first kappa shape index (κ1) is 14.7. The lowest BCUT2D eigenvalue weighted by atomic mass is 9.80. The van der Waals surface area contributed by atoms with Crippen molar-refractivity contribution in [3.63, 3.8) is 0 Å². The molecule has 0 aromatic heterocycles. The predicted octanol–water partition coefficient (Wildman–Crippen LogP) is 4.10. The van der Waals surface area contributed by atoms with E-state index in [0.717, 1.165) is 12.6 Å². The Bertz CT molecular complexity index is 411. The van der Waals surface area contributed by atoms with Gasteiger partial charge in [0.15, 0.2) is 11.6 Å². The van der Waals surface area contributed by atoms with Crippen LogP contribution < -0.4 is 5.32 Å². The molecule has 1 aliphatic carbocycles. The summed E-state index contributed by atoms with van der Waals surface area (Å²) in [4.78, 5) is 0. The molecule has 1 saturated carbocycles. The second-order valence-electron chi connectivity index (χ2n) is 5.30. The van der Waals surface area contributed by atoms with Crippen LogP contribution in [0.2, 0.25) is 0 Å². The fraction of sp³-hybridized carbons (Fsp3) is 0.600.